The number of aliphatic carboxylic acids is 1. The van der Waals surface area contributed by atoms with Crippen LogP contribution in [0.2, 0.25) is 0 Å². The Morgan fingerprint density at radius 2 is 1.84 bits per heavy atom. The highest BCUT2D eigenvalue weighted by Gasteiger charge is 2.37. The zero-order chi connectivity index (χ0) is 26.7. The van der Waals surface area contributed by atoms with E-state index in [0.29, 0.717) is 23.5 Å². The Morgan fingerprint density at radius 3 is 2.46 bits per heavy atom. The van der Waals surface area contributed by atoms with Crippen molar-refractivity contribution in [2.45, 2.75) is 64.8 Å². The van der Waals surface area contributed by atoms with E-state index in [-0.39, 0.29) is 30.7 Å². The first-order valence-corrected chi connectivity index (χ1v) is 12.2. The zero-order valence-corrected chi connectivity index (χ0v) is 21.3. The van der Waals surface area contributed by atoms with Crippen LogP contribution in [0.4, 0.5) is 0 Å². The predicted octanol–water partition coefficient (Wildman–Crippen LogP) is 3.48. The number of fused-ring (bicyclic) bond motifs is 1. The molecule has 3 aromatic rings. The van der Waals surface area contributed by atoms with Crippen molar-refractivity contribution in [3.05, 3.63) is 82.9 Å². The Labute approximate surface area is 215 Å². The third-order valence-corrected chi connectivity index (χ3v) is 6.47. The molecule has 0 spiro atoms. The van der Waals surface area contributed by atoms with Crippen molar-refractivity contribution < 1.29 is 24.2 Å². The minimum Gasteiger partial charge on any atom is -0.489 e. The smallest absolute Gasteiger partial charge is 0.303 e. The topological polar surface area (TPSA) is 128 Å². The summed E-state index contributed by atoms with van der Waals surface area (Å²) in [7, 11) is 0. The Bertz CT molecular complexity index is 1310. The molecule has 9 nitrogen and oxygen atoms in total. The summed E-state index contributed by atoms with van der Waals surface area (Å²) in [5.74, 6) is -1.58. The molecule has 2 aromatic carbocycles. The first-order chi connectivity index (χ1) is 17.5. The fraction of sp³-hybridized carbons (Fsp3) is 0.357. The third-order valence-electron chi connectivity index (χ3n) is 6.47. The molecule has 3 N–H and O–H groups in total. The summed E-state index contributed by atoms with van der Waals surface area (Å²) in [6.07, 6.45) is 3.62. The number of nitrogens with two attached hydrogens (primary N) is 1. The molecule has 1 aromatic heterocycles. The Balaban J connectivity index is 1.41. The van der Waals surface area contributed by atoms with Crippen molar-refractivity contribution in [1.29, 1.82) is 0 Å². The van der Waals surface area contributed by atoms with Crippen LogP contribution in [0.3, 0.4) is 0 Å². The number of carboxylic acids is 1. The van der Waals surface area contributed by atoms with E-state index >= 15 is 0 Å². The number of amides is 2. The van der Waals surface area contributed by atoms with Crippen LogP contribution in [0.5, 0.6) is 5.75 Å². The molecule has 0 fully saturated rings. The average Bonchev–Trinajstić information content (AvgIpc) is 3.44. The van der Waals surface area contributed by atoms with Gasteiger partial charge in [0.25, 0.3) is 5.91 Å². The lowest BCUT2D eigenvalue weighted by Gasteiger charge is -2.24. The number of nitrogens with zero attached hydrogens (tertiary/aromatic N) is 3. The largest absolute Gasteiger partial charge is 0.489 e. The number of benzene rings is 2. The maximum atomic E-state index is 13.0. The van der Waals surface area contributed by atoms with Crippen molar-refractivity contribution >= 4 is 17.8 Å². The number of ether oxygens (including phenoxy) is 1. The molecule has 1 unspecified atom stereocenters. The molecule has 4 rings (SSSR count). The van der Waals surface area contributed by atoms with Gasteiger partial charge in [-0.25, -0.2) is 4.98 Å². The third kappa shape index (κ3) is 5.99. The fourth-order valence-corrected chi connectivity index (χ4v) is 4.37. The molecule has 194 valence electrons. The van der Waals surface area contributed by atoms with Crippen LogP contribution >= 0.6 is 0 Å². The van der Waals surface area contributed by atoms with E-state index in [0.717, 1.165) is 23.4 Å². The van der Waals surface area contributed by atoms with E-state index in [2.05, 4.69) is 48.7 Å². The van der Waals surface area contributed by atoms with Crippen molar-refractivity contribution in [3.63, 3.8) is 0 Å². The number of hydrogen-bond acceptors (Lipinski definition) is 5. The minimum absolute atomic E-state index is 0.00490. The Morgan fingerprint density at radius 1 is 1.14 bits per heavy atom. The number of primary amides is 1. The number of aromatic nitrogens is 2. The van der Waals surface area contributed by atoms with Gasteiger partial charge in [-0.2, -0.15) is 0 Å². The summed E-state index contributed by atoms with van der Waals surface area (Å²) in [5, 5.41) is 8.99. The van der Waals surface area contributed by atoms with Crippen LogP contribution in [0.25, 0.3) is 0 Å². The van der Waals surface area contributed by atoms with Gasteiger partial charge in [0, 0.05) is 35.7 Å². The highest BCUT2D eigenvalue weighted by atomic mass is 16.5. The summed E-state index contributed by atoms with van der Waals surface area (Å²) in [4.78, 5) is 41.8. The van der Waals surface area contributed by atoms with Gasteiger partial charge in [-0.3, -0.25) is 14.4 Å². The molecular formula is C28H32N4O5. The molecule has 1 aliphatic heterocycles. The van der Waals surface area contributed by atoms with E-state index in [9.17, 15) is 14.4 Å². The van der Waals surface area contributed by atoms with Gasteiger partial charge < -0.3 is 25.0 Å². The Hall–Kier alpha value is -4.14. The standard InChI is InChI=1S/C28H32N4O5/c1-28(2,3)24-15-31(17-30-24)13-18-7-9-19(10-8-18)16-37-23-6-4-5-20-21(23)14-32(27(20)36)22(26(29)35)11-12-25(33)34/h4-10,15,17,22H,11-14,16H2,1-3H3,(H2,29,35)(H,33,34). The maximum absolute atomic E-state index is 13.0. The molecule has 2 amide bonds. The highest BCUT2D eigenvalue weighted by Crippen LogP contribution is 2.33. The number of imidazole rings is 1. The molecule has 0 radical (unpaired) electrons. The summed E-state index contributed by atoms with van der Waals surface area (Å²) in [5.41, 5.74) is 9.76. The van der Waals surface area contributed by atoms with Gasteiger partial charge in [0.2, 0.25) is 5.91 Å². The molecule has 0 bridgehead atoms. The van der Waals surface area contributed by atoms with Crippen molar-refractivity contribution in [1.82, 2.24) is 14.5 Å². The lowest BCUT2D eigenvalue weighted by atomic mass is 9.93. The van der Waals surface area contributed by atoms with Crippen LogP contribution in [-0.2, 0) is 34.7 Å². The lowest BCUT2D eigenvalue weighted by Crippen LogP contribution is -2.45. The average molecular weight is 505 g/mol. The molecule has 0 aliphatic carbocycles. The van der Waals surface area contributed by atoms with Gasteiger partial charge in [0.05, 0.1) is 18.6 Å². The molecule has 0 saturated carbocycles. The van der Waals surface area contributed by atoms with E-state index < -0.39 is 17.9 Å². The zero-order valence-electron chi connectivity index (χ0n) is 21.3. The number of carboxylic acid groups (broad SMARTS) is 1. The second kappa shape index (κ2) is 10.5. The summed E-state index contributed by atoms with van der Waals surface area (Å²) in [6.45, 7) is 7.58. The second-order valence-corrected chi connectivity index (χ2v) is 10.4. The summed E-state index contributed by atoms with van der Waals surface area (Å²) < 4.78 is 8.13. The molecule has 1 atom stereocenters. The summed E-state index contributed by atoms with van der Waals surface area (Å²) >= 11 is 0. The molecule has 37 heavy (non-hydrogen) atoms. The van der Waals surface area contributed by atoms with Gasteiger partial charge in [0.15, 0.2) is 0 Å². The maximum Gasteiger partial charge on any atom is 0.303 e. The van der Waals surface area contributed by atoms with Crippen LogP contribution in [0.1, 0.15) is 66.4 Å². The van der Waals surface area contributed by atoms with Gasteiger partial charge in [-0.05, 0) is 29.7 Å². The van der Waals surface area contributed by atoms with Crippen LogP contribution < -0.4 is 10.5 Å². The molecule has 9 heteroatoms. The number of hydrogen-bond donors (Lipinski definition) is 2. The van der Waals surface area contributed by atoms with Gasteiger partial charge in [-0.15, -0.1) is 0 Å². The minimum atomic E-state index is -1.05. The van der Waals surface area contributed by atoms with E-state index in [1.165, 1.54) is 4.90 Å². The number of rotatable bonds is 10. The summed E-state index contributed by atoms with van der Waals surface area (Å²) in [6, 6.07) is 12.3. The lowest BCUT2D eigenvalue weighted by molar-refractivity contribution is -0.137. The SMILES string of the molecule is CC(C)(C)c1cn(Cc2ccc(COc3cccc4c3CN(C(CCC(=O)O)C(N)=O)C4=O)cc2)cn1. The second-order valence-electron chi connectivity index (χ2n) is 10.4. The van der Waals surface area contributed by atoms with Gasteiger partial charge >= 0.3 is 5.97 Å². The van der Waals surface area contributed by atoms with Gasteiger partial charge in [0.1, 0.15) is 18.4 Å². The van der Waals surface area contributed by atoms with Crippen molar-refractivity contribution in [2.24, 2.45) is 5.73 Å². The monoisotopic (exact) mass is 504 g/mol. The molecule has 2 heterocycles. The van der Waals surface area contributed by atoms with E-state index in [1.54, 1.807) is 18.2 Å². The van der Waals surface area contributed by atoms with Crippen molar-refractivity contribution in [3.8, 4) is 5.75 Å². The Kier molecular flexibility index (Phi) is 7.33. The molecular weight excluding hydrogens is 472 g/mol. The predicted molar refractivity (Wildman–Crippen MR) is 137 cm³/mol. The molecule has 1 aliphatic rings. The van der Waals surface area contributed by atoms with Crippen molar-refractivity contribution in [2.75, 3.05) is 0 Å². The normalized spacial score (nSPS) is 13.9. The quantitative estimate of drug-likeness (QED) is 0.435. The highest BCUT2D eigenvalue weighted by molar-refractivity contribution is 6.01. The van der Waals surface area contributed by atoms with Gasteiger partial charge in [-0.1, -0.05) is 51.1 Å². The fourth-order valence-electron chi connectivity index (χ4n) is 4.37. The van der Waals surface area contributed by atoms with Crippen LogP contribution in [0.15, 0.2) is 55.0 Å². The number of carbonyl (C=O) groups excluding carboxylic acids is 2. The van der Waals surface area contributed by atoms with E-state index in [1.807, 2.05) is 18.5 Å². The van der Waals surface area contributed by atoms with Crippen LogP contribution in [-0.4, -0.2) is 43.4 Å². The molecule has 0 saturated heterocycles. The van der Waals surface area contributed by atoms with Crippen LogP contribution in [0, 0.1) is 0 Å². The first-order valence-electron chi connectivity index (χ1n) is 12.2. The van der Waals surface area contributed by atoms with E-state index in [4.69, 9.17) is 15.6 Å². The first kappa shape index (κ1) is 25.9. The number of carbonyl (C=O) groups is 3.